The fourth-order valence-corrected chi connectivity index (χ4v) is 7.87. The first-order chi connectivity index (χ1) is 19.7. The number of aromatic hydroxyl groups is 1. The highest BCUT2D eigenvalue weighted by Gasteiger charge is 2.54. The molecule has 0 amide bonds. The standard InChI is InChI=1S/C37H30O3/c38-31-21-24-12-2-1-11-23(24)20-30(31)35-33-26-15-5-7-17-28(26)34(29-18-8-6-16-27(29)33)36(35)37(39)40-32-19-9-13-22-10-3-4-14-25(22)32/h1-2,5-9,11-13,15-21,33-36,38H,3-4,10,14H2. The van der Waals surface area contributed by atoms with Crippen molar-refractivity contribution in [2.45, 2.75) is 43.4 Å². The van der Waals surface area contributed by atoms with E-state index in [0.717, 1.165) is 35.6 Å². The third-order valence-electron chi connectivity index (χ3n) is 9.53. The highest BCUT2D eigenvalue weighted by molar-refractivity contribution is 5.87. The second-order valence-electron chi connectivity index (χ2n) is 11.5. The smallest absolute Gasteiger partial charge is 0.315 e. The van der Waals surface area contributed by atoms with Crippen LogP contribution in [0.15, 0.2) is 103 Å². The van der Waals surface area contributed by atoms with Crippen molar-refractivity contribution in [1.82, 2.24) is 0 Å². The molecule has 2 atom stereocenters. The zero-order chi connectivity index (χ0) is 26.8. The molecule has 0 spiro atoms. The molecule has 0 radical (unpaired) electrons. The second-order valence-corrected chi connectivity index (χ2v) is 11.5. The van der Waals surface area contributed by atoms with E-state index in [4.69, 9.17) is 4.74 Å². The summed E-state index contributed by atoms with van der Waals surface area (Å²) >= 11 is 0. The molecular weight excluding hydrogens is 492 g/mol. The fourth-order valence-electron chi connectivity index (χ4n) is 7.87. The van der Waals surface area contributed by atoms with Crippen LogP contribution in [0.1, 0.15) is 69.5 Å². The van der Waals surface area contributed by atoms with Crippen LogP contribution in [0, 0.1) is 5.92 Å². The molecule has 0 aromatic heterocycles. The molecular formula is C37H30O3. The van der Waals surface area contributed by atoms with Crippen molar-refractivity contribution in [1.29, 1.82) is 0 Å². The molecule has 3 nitrogen and oxygen atoms in total. The molecule has 5 aromatic carbocycles. The number of fused-ring (bicyclic) bond motifs is 3. The van der Waals surface area contributed by atoms with Crippen molar-refractivity contribution in [3.05, 3.63) is 142 Å². The summed E-state index contributed by atoms with van der Waals surface area (Å²) in [6, 6.07) is 35.2. The average Bonchev–Trinajstić information content (AvgIpc) is 3.00. The quantitative estimate of drug-likeness (QED) is 0.193. The number of carbonyl (C=O) groups is 1. The molecule has 3 heteroatoms. The molecule has 5 aromatic rings. The van der Waals surface area contributed by atoms with Gasteiger partial charge in [0.15, 0.2) is 0 Å². The molecule has 9 rings (SSSR count). The molecule has 4 aliphatic carbocycles. The number of benzene rings is 5. The lowest BCUT2D eigenvalue weighted by Gasteiger charge is -2.50. The van der Waals surface area contributed by atoms with Gasteiger partial charge in [-0.3, -0.25) is 4.79 Å². The number of aryl methyl sites for hydroxylation is 1. The molecule has 0 heterocycles. The van der Waals surface area contributed by atoms with Crippen LogP contribution in [-0.4, -0.2) is 11.1 Å². The Morgan fingerprint density at radius 1 is 0.650 bits per heavy atom. The van der Waals surface area contributed by atoms with Gasteiger partial charge in [-0.2, -0.15) is 0 Å². The van der Waals surface area contributed by atoms with Crippen LogP contribution in [0.3, 0.4) is 0 Å². The van der Waals surface area contributed by atoms with E-state index in [0.29, 0.717) is 5.75 Å². The fraction of sp³-hybridized carbons (Fsp3) is 0.216. The first kappa shape index (κ1) is 23.5. The largest absolute Gasteiger partial charge is 0.508 e. The number of rotatable bonds is 3. The SMILES string of the molecule is O=C(Oc1cccc2c1CCCC2)C1C2c3ccccc3C(c3ccccc32)C1c1cc2ccccc2cc1O. The minimum atomic E-state index is -0.471. The third-order valence-corrected chi connectivity index (χ3v) is 9.53. The van der Waals surface area contributed by atoms with Gasteiger partial charge >= 0.3 is 5.97 Å². The number of esters is 1. The van der Waals surface area contributed by atoms with Crippen LogP contribution < -0.4 is 4.74 Å². The van der Waals surface area contributed by atoms with Gasteiger partial charge in [-0.15, -0.1) is 0 Å². The number of carbonyl (C=O) groups excluding carboxylic acids is 1. The van der Waals surface area contributed by atoms with Gasteiger partial charge in [0, 0.05) is 17.8 Å². The van der Waals surface area contributed by atoms with Crippen molar-refractivity contribution in [3.63, 3.8) is 0 Å². The van der Waals surface area contributed by atoms with Crippen molar-refractivity contribution in [2.75, 3.05) is 0 Å². The first-order valence-electron chi connectivity index (χ1n) is 14.4. The van der Waals surface area contributed by atoms with Gasteiger partial charge in [-0.25, -0.2) is 0 Å². The number of phenols is 1. The number of ether oxygens (including phenoxy) is 1. The molecule has 2 bridgehead atoms. The Morgan fingerprint density at radius 2 is 1.25 bits per heavy atom. The van der Waals surface area contributed by atoms with Gasteiger partial charge in [-0.1, -0.05) is 84.9 Å². The molecule has 1 N–H and O–H groups in total. The van der Waals surface area contributed by atoms with Gasteiger partial charge < -0.3 is 9.84 Å². The summed E-state index contributed by atoms with van der Waals surface area (Å²) in [7, 11) is 0. The summed E-state index contributed by atoms with van der Waals surface area (Å²) in [5.41, 5.74) is 8.15. The average molecular weight is 523 g/mol. The lowest BCUT2D eigenvalue weighted by atomic mass is 9.52. The van der Waals surface area contributed by atoms with Crippen LogP contribution in [0.4, 0.5) is 0 Å². The molecule has 0 fully saturated rings. The highest BCUT2D eigenvalue weighted by atomic mass is 16.5. The van der Waals surface area contributed by atoms with Gasteiger partial charge in [0.05, 0.1) is 5.92 Å². The van der Waals surface area contributed by atoms with E-state index in [-0.39, 0.29) is 29.5 Å². The van der Waals surface area contributed by atoms with E-state index < -0.39 is 5.92 Å². The first-order valence-corrected chi connectivity index (χ1v) is 14.4. The monoisotopic (exact) mass is 522 g/mol. The summed E-state index contributed by atoms with van der Waals surface area (Å²) in [5, 5.41) is 13.5. The number of phenolic OH excluding ortho intramolecular Hbond substituents is 1. The number of hydrogen-bond donors (Lipinski definition) is 1. The Labute approximate surface area is 234 Å². The van der Waals surface area contributed by atoms with E-state index in [9.17, 15) is 9.90 Å². The normalized spacial score (nSPS) is 22.3. The molecule has 0 aliphatic heterocycles. The Bertz CT molecular complexity index is 1750. The van der Waals surface area contributed by atoms with Crippen molar-refractivity contribution in [2.24, 2.45) is 5.92 Å². The maximum Gasteiger partial charge on any atom is 0.315 e. The van der Waals surface area contributed by atoms with E-state index in [1.807, 2.05) is 36.4 Å². The maximum absolute atomic E-state index is 14.5. The van der Waals surface area contributed by atoms with Crippen LogP contribution in [0.25, 0.3) is 10.8 Å². The summed E-state index contributed by atoms with van der Waals surface area (Å²) in [4.78, 5) is 14.5. The molecule has 40 heavy (non-hydrogen) atoms. The predicted molar refractivity (Wildman–Crippen MR) is 157 cm³/mol. The van der Waals surface area contributed by atoms with Gasteiger partial charge in [0.25, 0.3) is 0 Å². The highest BCUT2D eigenvalue weighted by Crippen LogP contribution is 2.62. The molecule has 0 saturated heterocycles. The van der Waals surface area contributed by atoms with E-state index >= 15 is 0 Å². The van der Waals surface area contributed by atoms with Crippen molar-refractivity contribution >= 4 is 16.7 Å². The predicted octanol–water partition coefficient (Wildman–Crippen LogP) is 8.02. The molecule has 2 unspecified atom stereocenters. The van der Waals surface area contributed by atoms with Crippen molar-refractivity contribution in [3.8, 4) is 11.5 Å². The Kier molecular flexibility index (Phi) is 5.34. The number of hydrogen-bond acceptors (Lipinski definition) is 3. The Hall–Kier alpha value is -4.37. The van der Waals surface area contributed by atoms with Gasteiger partial charge in [0.1, 0.15) is 11.5 Å². The minimum absolute atomic E-state index is 0.0632. The zero-order valence-corrected chi connectivity index (χ0v) is 22.2. The van der Waals surface area contributed by atoms with Crippen LogP contribution in [0.5, 0.6) is 11.5 Å². The molecule has 196 valence electrons. The van der Waals surface area contributed by atoms with Gasteiger partial charge in [0.2, 0.25) is 0 Å². The maximum atomic E-state index is 14.5. The second kappa shape index (κ2) is 9.09. The third kappa shape index (κ3) is 3.47. The van der Waals surface area contributed by atoms with Crippen molar-refractivity contribution < 1.29 is 14.6 Å². The van der Waals surface area contributed by atoms with Crippen LogP contribution in [-0.2, 0) is 17.6 Å². The van der Waals surface area contributed by atoms with Gasteiger partial charge in [-0.05, 0) is 93.6 Å². The van der Waals surface area contributed by atoms with E-state index in [2.05, 4.69) is 66.7 Å². The summed E-state index contributed by atoms with van der Waals surface area (Å²) < 4.78 is 6.39. The summed E-state index contributed by atoms with van der Waals surface area (Å²) in [5.74, 6) is -0.219. The molecule has 4 aliphatic rings. The van der Waals surface area contributed by atoms with E-state index in [1.54, 1.807) is 0 Å². The lowest BCUT2D eigenvalue weighted by molar-refractivity contribution is -0.141. The Balaban J connectivity index is 1.33. The minimum Gasteiger partial charge on any atom is -0.508 e. The molecule has 0 saturated carbocycles. The van der Waals surface area contributed by atoms with Crippen LogP contribution in [0.2, 0.25) is 0 Å². The van der Waals surface area contributed by atoms with E-state index in [1.165, 1.54) is 39.8 Å². The lowest BCUT2D eigenvalue weighted by Crippen LogP contribution is -2.44. The zero-order valence-electron chi connectivity index (χ0n) is 22.2. The summed E-state index contributed by atoms with van der Waals surface area (Å²) in [6.45, 7) is 0. The van der Waals surface area contributed by atoms with Crippen LogP contribution >= 0.6 is 0 Å². The topological polar surface area (TPSA) is 46.5 Å². The summed E-state index contributed by atoms with van der Waals surface area (Å²) in [6.07, 6.45) is 4.26. The Morgan fingerprint density at radius 3 is 1.95 bits per heavy atom.